The molecule has 30 heavy (non-hydrogen) atoms. The monoisotopic (exact) mass is 470 g/mol. The maximum atomic E-state index is 13.1. The Labute approximate surface area is 180 Å². The molecule has 1 heterocycles. The van der Waals surface area contributed by atoms with Gasteiger partial charge in [0.2, 0.25) is 5.75 Å². The van der Waals surface area contributed by atoms with E-state index in [0.29, 0.717) is 22.3 Å². The van der Waals surface area contributed by atoms with Crippen LogP contribution in [0.3, 0.4) is 0 Å². The number of aromatic nitrogens is 2. The van der Waals surface area contributed by atoms with Gasteiger partial charge < -0.3 is 4.74 Å². The molecule has 0 aliphatic heterocycles. The lowest BCUT2D eigenvalue weighted by atomic mass is 10.2. The van der Waals surface area contributed by atoms with Gasteiger partial charge in [0.05, 0.1) is 22.0 Å². The molecule has 1 aromatic heterocycles. The van der Waals surface area contributed by atoms with Crippen molar-refractivity contribution in [1.29, 1.82) is 0 Å². The second kappa shape index (κ2) is 9.00. The van der Waals surface area contributed by atoms with Crippen molar-refractivity contribution in [2.45, 2.75) is 19.8 Å². The first kappa shape index (κ1) is 21.4. The predicted octanol–water partition coefficient (Wildman–Crippen LogP) is 4.64. The second-order valence-corrected chi connectivity index (χ2v) is 7.62. The van der Waals surface area contributed by atoms with E-state index in [-0.39, 0.29) is 29.5 Å². The first-order valence-electron chi connectivity index (χ1n) is 9.11. The number of nitro benzene ring substituents is 1. The Bertz CT molecular complexity index is 1220. The number of benzene rings is 2. The summed E-state index contributed by atoms with van der Waals surface area (Å²) >= 11 is 3.37. The molecule has 2 aromatic carbocycles. The van der Waals surface area contributed by atoms with E-state index >= 15 is 0 Å². The highest BCUT2D eigenvalue weighted by Crippen LogP contribution is 2.30. The summed E-state index contributed by atoms with van der Waals surface area (Å²) in [4.78, 5) is 28.5. The highest BCUT2D eigenvalue weighted by molar-refractivity contribution is 9.10. The number of para-hydroxylation sites is 1. The molecule has 0 amide bonds. The molecule has 9 heteroatoms. The Kier molecular flexibility index (Phi) is 6.41. The van der Waals surface area contributed by atoms with Gasteiger partial charge in [0.25, 0.3) is 5.56 Å². The van der Waals surface area contributed by atoms with Crippen LogP contribution in [0.2, 0.25) is 0 Å². The van der Waals surface area contributed by atoms with E-state index in [2.05, 4.69) is 32.6 Å². The Morgan fingerprint density at radius 2 is 2.13 bits per heavy atom. The summed E-state index contributed by atoms with van der Waals surface area (Å²) in [7, 11) is 0. The van der Waals surface area contributed by atoms with Gasteiger partial charge in [-0.05, 0) is 24.3 Å². The third-order valence-electron chi connectivity index (χ3n) is 4.23. The smallest absolute Gasteiger partial charge is 0.311 e. The van der Waals surface area contributed by atoms with Crippen molar-refractivity contribution in [2.75, 3.05) is 6.61 Å². The molecule has 0 aliphatic carbocycles. The molecule has 0 spiro atoms. The fourth-order valence-electron chi connectivity index (χ4n) is 2.86. The van der Waals surface area contributed by atoms with Gasteiger partial charge in [-0.2, -0.15) is 9.78 Å². The summed E-state index contributed by atoms with van der Waals surface area (Å²) in [5.74, 6) is 0.455. The number of fused-ring (bicyclic) bond motifs is 1. The van der Waals surface area contributed by atoms with Gasteiger partial charge in [-0.3, -0.25) is 14.9 Å². The van der Waals surface area contributed by atoms with Crippen molar-refractivity contribution in [3.8, 4) is 5.75 Å². The minimum atomic E-state index is -0.531. The van der Waals surface area contributed by atoms with Crippen molar-refractivity contribution in [1.82, 2.24) is 9.66 Å². The average molecular weight is 471 g/mol. The molecule has 0 fully saturated rings. The fourth-order valence-corrected chi connectivity index (χ4v) is 3.22. The first-order valence-corrected chi connectivity index (χ1v) is 9.90. The molecule has 0 bridgehead atoms. The molecule has 0 aliphatic rings. The van der Waals surface area contributed by atoms with Crippen LogP contribution in [0.4, 0.5) is 5.69 Å². The lowest BCUT2D eigenvalue weighted by molar-refractivity contribution is -0.385. The molecule has 3 aromatic rings. The molecule has 8 nitrogen and oxygen atoms in total. The van der Waals surface area contributed by atoms with Crippen molar-refractivity contribution in [3.05, 3.63) is 85.4 Å². The third-order valence-corrected chi connectivity index (χ3v) is 4.72. The van der Waals surface area contributed by atoms with Crippen LogP contribution < -0.4 is 10.3 Å². The molecular formula is C21H19BrN4O4. The Morgan fingerprint density at radius 3 is 2.80 bits per heavy atom. The van der Waals surface area contributed by atoms with Gasteiger partial charge >= 0.3 is 5.69 Å². The van der Waals surface area contributed by atoms with Crippen molar-refractivity contribution < 1.29 is 9.66 Å². The number of rotatable bonds is 7. The lowest BCUT2D eigenvalue weighted by Crippen LogP contribution is -2.23. The van der Waals surface area contributed by atoms with E-state index in [9.17, 15) is 14.9 Å². The molecule has 0 radical (unpaired) electrons. The second-order valence-electron chi connectivity index (χ2n) is 6.70. The van der Waals surface area contributed by atoms with Crippen molar-refractivity contribution >= 4 is 38.7 Å². The first-order chi connectivity index (χ1) is 14.3. The standard InChI is InChI=1S/C21H19BrN4O4/c1-4-10-30-19-14(6-5-7-18(19)26(28)29)12-23-25-20(13(2)3)24-17-9-8-15(22)11-16(17)21(25)27/h4-9,11-13H,1,10H2,2-3H3. The zero-order chi connectivity index (χ0) is 21.8. The lowest BCUT2D eigenvalue weighted by Gasteiger charge is -2.12. The number of halogens is 1. The number of ether oxygens (including phenoxy) is 1. The maximum Gasteiger partial charge on any atom is 0.311 e. The van der Waals surface area contributed by atoms with Crippen LogP contribution in [0.25, 0.3) is 10.9 Å². The predicted molar refractivity (Wildman–Crippen MR) is 120 cm³/mol. The van der Waals surface area contributed by atoms with Crippen LogP contribution in [0.5, 0.6) is 5.75 Å². The molecule has 0 saturated heterocycles. The minimum absolute atomic E-state index is 0.0572. The van der Waals surface area contributed by atoms with Crippen LogP contribution in [-0.2, 0) is 0 Å². The normalized spacial score (nSPS) is 11.3. The van der Waals surface area contributed by atoms with Gasteiger partial charge in [-0.15, -0.1) is 0 Å². The Morgan fingerprint density at radius 1 is 1.37 bits per heavy atom. The van der Waals surface area contributed by atoms with Gasteiger partial charge in [0.15, 0.2) is 0 Å². The number of hydrogen-bond donors (Lipinski definition) is 0. The summed E-state index contributed by atoms with van der Waals surface area (Å²) in [5.41, 5.74) is 0.406. The zero-order valence-corrected chi connectivity index (χ0v) is 18.0. The SMILES string of the molecule is C=CCOc1c(C=Nn2c(C(C)C)nc3ccc(Br)cc3c2=O)cccc1[N+](=O)[O-]. The molecule has 3 rings (SSSR count). The maximum absolute atomic E-state index is 13.1. The molecule has 0 N–H and O–H groups in total. The third kappa shape index (κ3) is 4.30. The number of nitro groups is 1. The quantitative estimate of drug-likeness (QED) is 0.216. The van der Waals surface area contributed by atoms with Crippen LogP contribution in [0.1, 0.15) is 31.2 Å². The summed E-state index contributed by atoms with van der Waals surface area (Å²) in [6.45, 7) is 7.47. The Hall–Kier alpha value is -3.33. The van der Waals surface area contributed by atoms with E-state index in [0.717, 1.165) is 4.47 Å². The molecule has 154 valence electrons. The highest BCUT2D eigenvalue weighted by atomic mass is 79.9. The van der Waals surface area contributed by atoms with E-state index in [4.69, 9.17) is 4.74 Å². The summed E-state index contributed by atoms with van der Waals surface area (Å²) < 4.78 is 7.47. The average Bonchev–Trinajstić information content (AvgIpc) is 2.71. The molecule has 0 saturated carbocycles. The van der Waals surface area contributed by atoms with Gasteiger partial charge in [0, 0.05) is 22.0 Å². The van der Waals surface area contributed by atoms with E-state index in [1.807, 2.05) is 19.9 Å². The fraction of sp³-hybridized carbons (Fsp3) is 0.190. The van der Waals surface area contributed by atoms with E-state index in [1.165, 1.54) is 29.1 Å². The largest absolute Gasteiger partial charge is 0.482 e. The van der Waals surface area contributed by atoms with Crippen LogP contribution >= 0.6 is 15.9 Å². The highest BCUT2D eigenvalue weighted by Gasteiger charge is 2.19. The number of nitrogens with zero attached hydrogens (tertiary/aromatic N) is 4. The molecular weight excluding hydrogens is 452 g/mol. The topological polar surface area (TPSA) is 99.6 Å². The summed E-state index contributed by atoms with van der Waals surface area (Å²) in [5, 5.41) is 16.1. The van der Waals surface area contributed by atoms with Crippen LogP contribution in [0, 0.1) is 10.1 Å². The summed E-state index contributed by atoms with van der Waals surface area (Å²) in [6, 6.07) is 9.77. The van der Waals surface area contributed by atoms with E-state index in [1.54, 1.807) is 18.2 Å². The van der Waals surface area contributed by atoms with Crippen LogP contribution in [0.15, 0.2) is 63.4 Å². The Balaban J connectivity index is 2.19. The van der Waals surface area contributed by atoms with Gasteiger partial charge in [-0.1, -0.05) is 48.5 Å². The van der Waals surface area contributed by atoms with Crippen molar-refractivity contribution in [3.63, 3.8) is 0 Å². The molecule has 0 unspecified atom stereocenters. The zero-order valence-electron chi connectivity index (χ0n) is 16.4. The van der Waals surface area contributed by atoms with Crippen LogP contribution in [-0.4, -0.2) is 27.4 Å². The van der Waals surface area contributed by atoms with Crippen molar-refractivity contribution in [2.24, 2.45) is 5.10 Å². The van der Waals surface area contributed by atoms with Gasteiger partial charge in [-0.25, -0.2) is 4.98 Å². The number of hydrogen-bond acceptors (Lipinski definition) is 6. The molecule has 0 atom stereocenters. The van der Waals surface area contributed by atoms with E-state index < -0.39 is 4.92 Å². The minimum Gasteiger partial charge on any atom is -0.482 e. The summed E-state index contributed by atoms with van der Waals surface area (Å²) in [6.07, 6.45) is 2.86. The van der Waals surface area contributed by atoms with Gasteiger partial charge in [0.1, 0.15) is 12.4 Å².